The average Bonchev–Trinajstić information content (AvgIpc) is 2.67. The van der Waals surface area contributed by atoms with Gasteiger partial charge >= 0.3 is 0 Å². The fourth-order valence-electron chi connectivity index (χ4n) is 2.67. The Morgan fingerprint density at radius 3 is 2.48 bits per heavy atom. The highest BCUT2D eigenvalue weighted by Crippen LogP contribution is 2.34. The molecule has 3 rings (SSSR count). The van der Waals surface area contributed by atoms with Crippen molar-refractivity contribution in [3.8, 4) is 0 Å². The highest BCUT2D eigenvalue weighted by atomic mass is 19.1. The van der Waals surface area contributed by atoms with Gasteiger partial charge in [0.05, 0.1) is 11.1 Å². The molecule has 0 radical (unpaired) electrons. The van der Waals surface area contributed by atoms with Crippen LogP contribution in [0.1, 0.15) is 40.5 Å². The molecular weight excluding hydrogens is 279 g/mol. The lowest BCUT2D eigenvalue weighted by atomic mass is 9.89. The molecule has 2 aliphatic rings. The molecule has 1 aromatic rings. The van der Waals surface area contributed by atoms with E-state index in [0.717, 1.165) is 17.0 Å². The number of imide groups is 2. The second kappa shape index (κ2) is 4.21. The number of nitrogens with one attached hydrogen (secondary N) is 1. The summed E-state index contributed by atoms with van der Waals surface area (Å²) in [6, 6.07) is 3.28. The van der Waals surface area contributed by atoms with Gasteiger partial charge in [0.2, 0.25) is 5.91 Å². The molecule has 2 heterocycles. The van der Waals surface area contributed by atoms with Crippen molar-refractivity contribution >= 4 is 23.6 Å². The van der Waals surface area contributed by atoms with Crippen LogP contribution in [0.3, 0.4) is 0 Å². The van der Waals surface area contributed by atoms with Gasteiger partial charge in [-0.1, -0.05) is 0 Å². The molecule has 108 valence electrons. The number of nitrogens with zero attached hydrogens (tertiary/aromatic N) is 1. The standard InChI is InChI=1S/C14H11FN2O4/c1-14(5-4-10(18)16-13(14)21)17-11(19)8-3-2-7(15)6-9(8)12(17)20/h2-3,6H,4-5H2,1H3,(H,16,18,21). The van der Waals surface area contributed by atoms with E-state index >= 15 is 0 Å². The lowest BCUT2D eigenvalue weighted by Gasteiger charge is -2.38. The first kappa shape index (κ1) is 13.4. The quantitative estimate of drug-likeness (QED) is 0.768. The van der Waals surface area contributed by atoms with Crippen molar-refractivity contribution in [3.63, 3.8) is 0 Å². The molecule has 0 saturated carbocycles. The number of carbonyl (C=O) groups excluding carboxylic acids is 4. The fourth-order valence-corrected chi connectivity index (χ4v) is 2.67. The van der Waals surface area contributed by atoms with Crippen LogP contribution in [-0.4, -0.2) is 34.1 Å². The molecule has 21 heavy (non-hydrogen) atoms. The second-order valence-electron chi connectivity index (χ2n) is 5.29. The Hall–Kier alpha value is -2.57. The molecule has 1 N–H and O–H groups in total. The number of benzene rings is 1. The predicted molar refractivity (Wildman–Crippen MR) is 67.7 cm³/mol. The van der Waals surface area contributed by atoms with Crippen LogP contribution >= 0.6 is 0 Å². The van der Waals surface area contributed by atoms with Gasteiger partial charge in [0.15, 0.2) is 0 Å². The lowest BCUT2D eigenvalue weighted by Crippen LogP contribution is -2.62. The number of carbonyl (C=O) groups is 4. The van der Waals surface area contributed by atoms with Gasteiger partial charge in [0.25, 0.3) is 17.7 Å². The number of fused-ring (bicyclic) bond motifs is 1. The molecule has 1 fully saturated rings. The zero-order valence-electron chi connectivity index (χ0n) is 11.1. The predicted octanol–water partition coefficient (Wildman–Crippen LogP) is 0.617. The summed E-state index contributed by atoms with van der Waals surface area (Å²) in [5.74, 6) is -3.15. The van der Waals surface area contributed by atoms with Crippen LogP contribution in [0.25, 0.3) is 0 Å². The number of amides is 4. The first-order valence-corrected chi connectivity index (χ1v) is 6.37. The van der Waals surface area contributed by atoms with E-state index in [9.17, 15) is 23.6 Å². The van der Waals surface area contributed by atoms with Gasteiger partial charge < -0.3 is 0 Å². The summed E-state index contributed by atoms with van der Waals surface area (Å²) < 4.78 is 13.2. The monoisotopic (exact) mass is 290 g/mol. The van der Waals surface area contributed by atoms with Gasteiger partial charge in [0, 0.05) is 6.42 Å². The molecule has 0 spiro atoms. The fraction of sp³-hybridized carbons (Fsp3) is 0.286. The van der Waals surface area contributed by atoms with Crippen molar-refractivity contribution in [2.45, 2.75) is 25.3 Å². The van der Waals surface area contributed by atoms with Gasteiger partial charge in [-0.3, -0.25) is 29.4 Å². The van der Waals surface area contributed by atoms with Crippen LogP contribution in [0.4, 0.5) is 4.39 Å². The Morgan fingerprint density at radius 2 is 1.81 bits per heavy atom. The third kappa shape index (κ3) is 1.77. The lowest BCUT2D eigenvalue weighted by molar-refractivity contribution is -0.140. The number of hydrogen-bond donors (Lipinski definition) is 1. The van der Waals surface area contributed by atoms with Crippen molar-refractivity contribution in [1.29, 1.82) is 0 Å². The highest BCUT2D eigenvalue weighted by Gasteiger charge is 2.52. The van der Waals surface area contributed by atoms with Crippen molar-refractivity contribution in [1.82, 2.24) is 10.2 Å². The van der Waals surface area contributed by atoms with E-state index in [0.29, 0.717) is 0 Å². The third-order valence-electron chi connectivity index (χ3n) is 3.92. The number of hydrogen-bond acceptors (Lipinski definition) is 4. The summed E-state index contributed by atoms with van der Waals surface area (Å²) in [4.78, 5) is 48.9. The first-order valence-electron chi connectivity index (χ1n) is 6.37. The van der Waals surface area contributed by atoms with Crippen LogP contribution in [0, 0.1) is 5.82 Å². The van der Waals surface area contributed by atoms with Crippen molar-refractivity contribution < 1.29 is 23.6 Å². The minimum Gasteiger partial charge on any atom is -0.294 e. The maximum atomic E-state index is 13.2. The maximum Gasteiger partial charge on any atom is 0.262 e. The molecule has 0 bridgehead atoms. The van der Waals surface area contributed by atoms with Crippen LogP contribution in [0.2, 0.25) is 0 Å². The zero-order chi connectivity index (χ0) is 15.4. The second-order valence-corrected chi connectivity index (χ2v) is 5.29. The molecule has 1 saturated heterocycles. The van der Waals surface area contributed by atoms with Crippen molar-refractivity contribution in [2.75, 3.05) is 0 Å². The van der Waals surface area contributed by atoms with Gasteiger partial charge in [-0.15, -0.1) is 0 Å². The summed E-state index contributed by atoms with van der Waals surface area (Å²) in [5, 5.41) is 2.13. The van der Waals surface area contributed by atoms with Crippen molar-refractivity contribution in [3.05, 3.63) is 35.1 Å². The van der Waals surface area contributed by atoms with Gasteiger partial charge in [-0.05, 0) is 31.5 Å². The Kier molecular flexibility index (Phi) is 2.69. The topological polar surface area (TPSA) is 83.6 Å². The van der Waals surface area contributed by atoms with E-state index in [1.165, 1.54) is 13.0 Å². The molecular formula is C14H11FN2O4. The summed E-state index contributed by atoms with van der Waals surface area (Å²) in [6.07, 6.45) is 0.0790. The molecule has 1 aromatic carbocycles. The summed E-state index contributed by atoms with van der Waals surface area (Å²) in [6.45, 7) is 1.42. The molecule has 4 amide bonds. The zero-order valence-corrected chi connectivity index (χ0v) is 11.1. The summed E-state index contributed by atoms with van der Waals surface area (Å²) in [5.41, 5.74) is -1.45. The van der Waals surface area contributed by atoms with E-state index in [-0.39, 0.29) is 24.0 Å². The largest absolute Gasteiger partial charge is 0.294 e. The van der Waals surface area contributed by atoms with E-state index in [1.807, 2.05) is 0 Å². The molecule has 6 nitrogen and oxygen atoms in total. The van der Waals surface area contributed by atoms with Crippen LogP contribution in [0.5, 0.6) is 0 Å². The molecule has 1 atom stereocenters. The van der Waals surface area contributed by atoms with E-state index in [4.69, 9.17) is 0 Å². The highest BCUT2D eigenvalue weighted by molar-refractivity contribution is 6.24. The Morgan fingerprint density at radius 1 is 1.14 bits per heavy atom. The first-order chi connectivity index (χ1) is 9.84. The smallest absolute Gasteiger partial charge is 0.262 e. The van der Waals surface area contributed by atoms with Crippen molar-refractivity contribution in [2.24, 2.45) is 0 Å². The van der Waals surface area contributed by atoms with Crippen LogP contribution in [-0.2, 0) is 9.59 Å². The van der Waals surface area contributed by atoms with E-state index in [1.54, 1.807) is 0 Å². The Balaban J connectivity index is 2.05. The minimum atomic E-state index is -1.45. The molecule has 0 aromatic heterocycles. The number of piperidine rings is 1. The molecule has 7 heteroatoms. The van der Waals surface area contributed by atoms with E-state index < -0.39 is 35.0 Å². The minimum absolute atomic E-state index is 0.0318. The summed E-state index contributed by atoms with van der Waals surface area (Å²) in [7, 11) is 0. The number of rotatable bonds is 1. The Bertz CT molecular complexity index is 715. The van der Waals surface area contributed by atoms with Gasteiger partial charge in [-0.2, -0.15) is 0 Å². The van der Waals surface area contributed by atoms with E-state index in [2.05, 4.69) is 5.32 Å². The Labute approximate surface area is 118 Å². The molecule has 1 unspecified atom stereocenters. The van der Waals surface area contributed by atoms with Crippen LogP contribution < -0.4 is 5.32 Å². The average molecular weight is 290 g/mol. The third-order valence-corrected chi connectivity index (χ3v) is 3.92. The number of halogens is 1. The molecule has 0 aliphatic carbocycles. The van der Waals surface area contributed by atoms with Gasteiger partial charge in [-0.25, -0.2) is 4.39 Å². The van der Waals surface area contributed by atoms with Gasteiger partial charge in [0.1, 0.15) is 11.4 Å². The SMILES string of the molecule is CC1(N2C(=O)c3ccc(F)cc3C2=O)CCC(=O)NC1=O. The maximum absolute atomic E-state index is 13.2. The van der Waals surface area contributed by atoms with Crippen LogP contribution in [0.15, 0.2) is 18.2 Å². The normalized spacial score (nSPS) is 25.1. The molecule has 2 aliphatic heterocycles. The summed E-state index contributed by atoms with van der Waals surface area (Å²) >= 11 is 0.